The molecule has 0 aliphatic carbocycles. The molecule has 7 heteroatoms. The minimum atomic E-state index is -0.600. The van der Waals surface area contributed by atoms with Gasteiger partial charge in [0.15, 0.2) is 0 Å². The normalized spacial score (nSPS) is 17.3. The van der Waals surface area contributed by atoms with E-state index in [9.17, 15) is 9.59 Å². The van der Waals surface area contributed by atoms with E-state index in [2.05, 4.69) is 28.6 Å². The summed E-state index contributed by atoms with van der Waals surface area (Å²) in [7, 11) is 1.72. The molecule has 1 N–H and O–H groups in total. The summed E-state index contributed by atoms with van der Waals surface area (Å²) in [5, 5.41) is 0. The van der Waals surface area contributed by atoms with Crippen molar-refractivity contribution in [2.24, 2.45) is 0 Å². The summed E-state index contributed by atoms with van der Waals surface area (Å²) in [6.45, 7) is 10.1. The Balaban J connectivity index is 1.76. The molecule has 21 heavy (non-hydrogen) atoms. The molecule has 1 aliphatic rings. The van der Waals surface area contributed by atoms with Crippen molar-refractivity contribution in [3.05, 3.63) is 22.5 Å². The summed E-state index contributed by atoms with van der Waals surface area (Å²) >= 11 is 0. The molecule has 1 aliphatic heterocycles. The molecule has 1 fully saturated rings. The smallest absolute Gasteiger partial charge is 0.403 e. The van der Waals surface area contributed by atoms with Crippen LogP contribution in [0.4, 0.5) is 0 Å². The van der Waals surface area contributed by atoms with Crippen LogP contribution in [0.25, 0.3) is 0 Å². The van der Waals surface area contributed by atoms with Gasteiger partial charge in [0, 0.05) is 52.4 Å². The molecule has 0 unspecified atom stereocenters. The van der Waals surface area contributed by atoms with Gasteiger partial charge in [-0.05, 0) is 13.8 Å². The zero-order valence-corrected chi connectivity index (χ0v) is 13.0. The molecule has 7 nitrogen and oxygen atoms in total. The standard InChI is InChI=1S/C14H24N4O3/c1-11(2)18-8-6-17(7-9-18)5-4-16(3)13(19)12-10-15-14(20)21-12/h10-11H,4-9H2,1-3H3,(H,15,20). The number of nitrogens with zero attached hydrogens (tertiary/aromatic N) is 3. The predicted octanol–water partition coefficient (Wildman–Crippen LogP) is 0.0659. The van der Waals surface area contributed by atoms with E-state index < -0.39 is 5.76 Å². The molecule has 2 heterocycles. The Labute approximate surface area is 124 Å². The fourth-order valence-corrected chi connectivity index (χ4v) is 2.47. The summed E-state index contributed by atoms with van der Waals surface area (Å²) in [5.41, 5.74) is 0. The molecule has 1 saturated heterocycles. The van der Waals surface area contributed by atoms with Crippen molar-refractivity contribution >= 4 is 5.91 Å². The van der Waals surface area contributed by atoms with Crippen molar-refractivity contribution in [2.45, 2.75) is 19.9 Å². The number of rotatable bonds is 5. The lowest BCUT2D eigenvalue weighted by Gasteiger charge is -2.37. The van der Waals surface area contributed by atoms with Gasteiger partial charge in [-0.1, -0.05) is 0 Å². The number of carbonyl (C=O) groups is 1. The predicted molar refractivity (Wildman–Crippen MR) is 79.4 cm³/mol. The summed E-state index contributed by atoms with van der Waals surface area (Å²) < 4.78 is 4.78. The molecule has 0 radical (unpaired) electrons. The number of piperazine rings is 1. The summed E-state index contributed by atoms with van der Waals surface area (Å²) in [6, 6.07) is 0.591. The lowest BCUT2D eigenvalue weighted by Crippen LogP contribution is -2.50. The maximum absolute atomic E-state index is 12.0. The minimum absolute atomic E-state index is 0.0622. The van der Waals surface area contributed by atoms with Gasteiger partial charge in [-0.2, -0.15) is 0 Å². The van der Waals surface area contributed by atoms with E-state index in [1.807, 2.05) is 0 Å². The number of amides is 1. The molecule has 0 bridgehead atoms. The maximum atomic E-state index is 12.0. The molecular weight excluding hydrogens is 272 g/mol. The quantitative estimate of drug-likeness (QED) is 0.832. The van der Waals surface area contributed by atoms with Crippen molar-refractivity contribution < 1.29 is 9.21 Å². The molecule has 0 aromatic carbocycles. The van der Waals surface area contributed by atoms with Crippen LogP contribution in [0.3, 0.4) is 0 Å². The van der Waals surface area contributed by atoms with Gasteiger partial charge in [-0.15, -0.1) is 0 Å². The fourth-order valence-electron chi connectivity index (χ4n) is 2.47. The van der Waals surface area contributed by atoms with E-state index >= 15 is 0 Å². The molecule has 1 aromatic rings. The number of likely N-dealkylation sites (N-methyl/N-ethyl adjacent to an activating group) is 1. The van der Waals surface area contributed by atoms with Crippen LogP contribution in [0.1, 0.15) is 24.4 Å². The first-order valence-electron chi connectivity index (χ1n) is 7.37. The number of nitrogens with one attached hydrogen (secondary N) is 1. The van der Waals surface area contributed by atoms with Crippen LogP contribution in [0.5, 0.6) is 0 Å². The molecule has 1 amide bonds. The fraction of sp³-hybridized carbons (Fsp3) is 0.714. The molecule has 0 saturated carbocycles. The minimum Gasteiger partial charge on any atom is -0.403 e. The van der Waals surface area contributed by atoms with Gasteiger partial charge in [-0.3, -0.25) is 19.6 Å². The van der Waals surface area contributed by atoms with Crippen molar-refractivity contribution in [1.82, 2.24) is 19.7 Å². The zero-order chi connectivity index (χ0) is 15.4. The number of aromatic amines is 1. The van der Waals surface area contributed by atoms with Gasteiger partial charge in [-0.25, -0.2) is 4.79 Å². The zero-order valence-electron chi connectivity index (χ0n) is 13.0. The SMILES string of the molecule is CC(C)N1CCN(CCN(C)C(=O)c2c[nH]c(=O)o2)CC1. The topological polar surface area (TPSA) is 72.8 Å². The molecule has 2 rings (SSSR count). The third kappa shape index (κ3) is 4.18. The third-order valence-electron chi connectivity index (χ3n) is 3.97. The van der Waals surface area contributed by atoms with Gasteiger partial charge in [0.1, 0.15) is 0 Å². The lowest BCUT2D eigenvalue weighted by atomic mass is 10.2. The van der Waals surface area contributed by atoms with E-state index in [4.69, 9.17) is 4.42 Å². The number of hydrogen-bond donors (Lipinski definition) is 1. The van der Waals surface area contributed by atoms with Crippen molar-refractivity contribution in [1.29, 1.82) is 0 Å². The van der Waals surface area contributed by atoms with Crippen LogP contribution >= 0.6 is 0 Å². The first-order chi connectivity index (χ1) is 9.97. The van der Waals surface area contributed by atoms with Gasteiger partial charge in [0.2, 0.25) is 5.76 Å². The highest BCUT2D eigenvalue weighted by Crippen LogP contribution is 2.06. The lowest BCUT2D eigenvalue weighted by molar-refractivity contribution is 0.0704. The number of hydrogen-bond acceptors (Lipinski definition) is 5. The second-order valence-electron chi connectivity index (χ2n) is 5.74. The highest BCUT2D eigenvalue weighted by molar-refractivity contribution is 5.90. The summed E-state index contributed by atoms with van der Waals surface area (Å²) in [6.07, 6.45) is 1.31. The van der Waals surface area contributed by atoms with Crippen molar-refractivity contribution in [2.75, 3.05) is 46.3 Å². The largest absolute Gasteiger partial charge is 0.416 e. The van der Waals surface area contributed by atoms with Gasteiger partial charge in [0.25, 0.3) is 5.91 Å². The second-order valence-corrected chi connectivity index (χ2v) is 5.74. The van der Waals surface area contributed by atoms with Gasteiger partial charge < -0.3 is 9.32 Å². The molecule has 1 aromatic heterocycles. The van der Waals surface area contributed by atoms with Gasteiger partial charge in [0.05, 0.1) is 6.20 Å². The van der Waals surface area contributed by atoms with Crippen molar-refractivity contribution in [3.8, 4) is 0 Å². The second kappa shape index (κ2) is 6.91. The van der Waals surface area contributed by atoms with E-state index in [0.29, 0.717) is 12.6 Å². The molecule has 0 atom stereocenters. The first kappa shape index (κ1) is 15.8. The Morgan fingerprint density at radius 2 is 2.05 bits per heavy atom. The number of H-pyrrole nitrogens is 1. The first-order valence-corrected chi connectivity index (χ1v) is 7.37. The maximum Gasteiger partial charge on any atom is 0.416 e. The van der Waals surface area contributed by atoms with Gasteiger partial charge >= 0.3 is 5.76 Å². The summed E-state index contributed by atoms with van der Waals surface area (Å²) in [5.74, 6) is -0.808. The Morgan fingerprint density at radius 3 is 2.57 bits per heavy atom. The average Bonchev–Trinajstić information content (AvgIpc) is 2.91. The van der Waals surface area contributed by atoms with Crippen LogP contribution in [-0.4, -0.2) is 77.9 Å². The van der Waals surface area contributed by atoms with E-state index in [0.717, 1.165) is 32.7 Å². The van der Waals surface area contributed by atoms with Crippen LogP contribution in [0, 0.1) is 0 Å². The van der Waals surface area contributed by atoms with E-state index in [1.54, 1.807) is 11.9 Å². The molecular formula is C14H24N4O3. The Kier molecular flexibility index (Phi) is 5.19. The number of aromatic nitrogens is 1. The monoisotopic (exact) mass is 296 g/mol. The van der Waals surface area contributed by atoms with Crippen molar-refractivity contribution in [3.63, 3.8) is 0 Å². The van der Waals surface area contributed by atoms with Crippen LogP contribution in [0.2, 0.25) is 0 Å². The highest BCUT2D eigenvalue weighted by atomic mass is 16.4. The number of carbonyl (C=O) groups excluding carboxylic acids is 1. The average molecular weight is 296 g/mol. The molecule has 118 valence electrons. The van der Waals surface area contributed by atoms with Crippen LogP contribution < -0.4 is 5.76 Å². The Morgan fingerprint density at radius 1 is 1.38 bits per heavy atom. The van der Waals surface area contributed by atoms with Crippen LogP contribution in [0.15, 0.2) is 15.4 Å². The Hall–Kier alpha value is -1.60. The molecule has 0 spiro atoms. The third-order valence-corrected chi connectivity index (χ3v) is 3.97. The van der Waals surface area contributed by atoms with E-state index in [-0.39, 0.29) is 11.7 Å². The number of oxazole rings is 1. The Bertz CT molecular complexity index is 514. The van der Waals surface area contributed by atoms with E-state index in [1.165, 1.54) is 6.20 Å². The summed E-state index contributed by atoms with van der Waals surface area (Å²) in [4.78, 5) is 31.7. The van der Waals surface area contributed by atoms with Crippen LogP contribution in [-0.2, 0) is 0 Å². The highest BCUT2D eigenvalue weighted by Gasteiger charge is 2.20.